The Morgan fingerprint density at radius 2 is 2.00 bits per heavy atom. The van der Waals surface area contributed by atoms with Gasteiger partial charge in [0, 0.05) is 0 Å². The molecule has 0 aliphatic carbocycles. The standard InChI is InChI=1S/C4H3F3OS/c5-4(6,7)3(9)1-2-8/h1,3,9H/p-1. The molecule has 0 amide bonds. The molecule has 0 saturated heterocycles. The minimum Gasteiger partial charge on any atom is -0.776 e. The molecule has 0 aromatic rings. The van der Waals surface area contributed by atoms with Crippen LogP contribution in [0.4, 0.5) is 13.2 Å². The van der Waals surface area contributed by atoms with E-state index < -0.39 is 11.4 Å². The number of hydrogen-bond acceptors (Lipinski definition) is 2. The van der Waals surface area contributed by atoms with Crippen LogP contribution in [0, 0.1) is 0 Å². The van der Waals surface area contributed by atoms with Crippen molar-refractivity contribution in [1.82, 2.24) is 0 Å². The molecule has 0 heterocycles. The van der Waals surface area contributed by atoms with Crippen LogP contribution in [0.15, 0.2) is 6.08 Å². The van der Waals surface area contributed by atoms with Crippen LogP contribution >= 0.6 is 0 Å². The van der Waals surface area contributed by atoms with Gasteiger partial charge in [-0.25, -0.2) is 4.79 Å². The summed E-state index contributed by atoms with van der Waals surface area (Å²) in [7, 11) is 0. The Bertz CT molecular complexity index is 135. The van der Waals surface area contributed by atoms with Gasteiger partial charge in [-0.05, 0) is 11.3 Å². The summed E-state index contributed by atoms with van der Waals surface area (Å²) in [5, 5.41) is -2.10. The molecule has 0 aromatic carbocycles. The van der Waals surface area contributed by atoms with Gasteiger partial charge < -0.3 is 12.6 Å². The van der Waals surface area contributed by atoms with E-state index in [9.17, 15) is 18.0 Å². The predicted molar refractivity (Wildman–Crippen MR) is 27.5 cm³/mol. The molecule has 1 unspecified atom stereocenters. The molecule has 0 spiro atoms. The Labute approximate surface area is 55.0 Å². The molecule has 0 aliphatic rings. The second-order valence-electron chi connectivity index (χ2n) is 1.25. The number of rotatable bonds is 1. The van der Waals surface area contributed by atoms with Crippen molar-refractivity contribution in [3.8, 4) is 0 Å². The van der Waals surface area contributed by atoms with Gasteiger partial charge >= 0.3 is 6.18 Å². The van der Waals surface area contributed by atoms with E-state index in [4.69, 9.17) is 0 Å². The first-order valence-corrected chi connectivity index (χ1v) is 2.39. The molecular weight excluding hydrogens is 153 g/mol. The minimum atomic E-state index is -4.49. The zero-order chi connectivity index (χ0) is 7.49. The van der Waals surface area contributed by atoms with Gasteiger partial charge in [0.1, 0.15) is 5.94 Å². The number of halogens is 3. The lowest BCUT2D eigenvalue weighted by Crippen LogP contribution is -2.24. The Balaban J connectivity index is 4.03. The molecule has 9 heavy (non-hydrogen) atoms. The molecule has 0 radical (unpaired) electrons. The molecule has 0 rings (SSSR count). The van der Waals surface area contributed by atoms with Gasteiger partial charge in [0.15, 0.2) is 0 Å². The summed E-state index contributed by atoms with van der Waals surface area (Å²) in [6, 6.07) is 0. The molecule has 0 aliphatic heterocycles. The summed E-state index contributed by atoms with van der Waals surface area (Å²) in [5.41, 5.74) is 0. The summed E-state index contributed by atoms with van der Waals surface area (Å²) in [6.07, 6.45) is -4.23. The molecule has 0 aromatic heterocycles. The maximum absolute atomic E-state index is 11.3. The van der Waals surface area contributed by atoms with Crippen LogP contribution in [0.3, 0.4) is 0 Å². The average molecular weight is 155 g/mol. The van der Waals surface area contributed by atoms with Gasteiger partial charge in [-0.1, -0.05) is 0 Å². The lowest BCUT2D eigenvalue weighted by atomic mass is 10.4. The maximum atomic E-state index is 11.3. The van der Waals surface area contributed by atoms with Crippen molar-refractivity contribution < 1.29 is 18.0 Å². The fourth-order valence-electron chi connectivity index (χ4n) is 0.156. The van der Waals surface area contributed by atoms with Crippen LogP contribution in [0.25, 0.3) is 0 Å². The Morgan fingerprint density at radius 1 is 1.56 bits per heavy atom. The molecule has 52 valence electrons. The van der Waals surface area contributed by atoms with Crippen LogP contribution in [-0.2, 0) is 17.4 Å². The fourth-order valence-corrected chi connectivity index (χ4v) is 0.212. The van der Waals surface area contributed by atoms with E-state index in [1.807, 2.05) is 0 Å². The van der Waals surface area contributed by atoms with E-state index in [2.05, 4.69) is 12.6 Å². The predicted octanol–water partition coefficient (Wildman–Crippen LogP) is 0.852. The van der Waals surface area contributed by atoms with Crippen LogP contribution in [0.2, 0.25) is 0 Å². The summed E-state index contributed by atoms with van der Waals surface area (Å²) >= 11 is 3.83. The van der Waals surface area contributed by atoms with Gasteiger partial charge in [0.2, 0.25) is 0 Å². The molecule has 0 fully saturated rings. The van der Waals surface area contributed by atoms with Crippen LogP contribution in [-0.4, -0.2) is 17.4 Å². The summed E-state index contributed by atoms with van der Waals surface area (Å²) in [4.78, 5) is 9.31. The zero-order valence-electron chi connectivity index (χ0n) is 4.11. The first-order chi connectivity index (χ1) is 3.98. The lowest BCUT2D eigenvalue weighted by molar-refractivity contribution is -0.119. The highest BCUT2D eigenvalue weighted by Gasteiger charge is 2.28. The molecular formula is C4H2F3OS-. The molecule has 1 atom stereocenters. The van der Waals surface area contributed by atoms with Crippen LogP contribution in [0.5, 0.6) is 0 Å². The molecule has 0 bridgehead atoms. The van der Waals surface area contributed by atoms with Gasteiger partial charge in [-0.3, -0.25) is 0 Å². The van der Waals surface area contributed by atoms with Crippen molar-refractivity contribution in [2.75, 3.05) is 0 Å². The van der Waals surface area contributed by atoms with Crippen molar-refractivity contribution in [1.29, 1.82) is 0 Å². The smallest absolute Gasteiger partial charge is 0.374 e. The quantitative estimate of drug-likeness (QED) is 0.412. The minimum absolute atomic E-state index is 0.259. The molecule has 0 N–H and O–H groups in total. The fraction of sp³-hybridized carbons (Fsp3) is 0.500. The lowest BCUT2D eigenvalue weighted by Gasteiger charge is -2.19. The third-order valence-electron chi connectivity index (χ3n) is 0.542. The summed E-state index contributed by atoms with van der Waals surface area (Å²) < 4.78 is 34.0. The average Bonchev–Trinajstić information content (AvgIpc) is 1.64. The monoisotopic (exact) mass is 155 g/mol. The van der Waals surface area contributed by atoms with E-state index >= 15 is 0 Å². The normalized spacial score (nSPS) is 14.2. The van der Waals surface area contributed by atoms with Gasteiger partial charge in [-0.15, -0.1) is 0 Å². The second kappa shape index (κ2) is 2.94. The second-order valence-corrected chi connectivity index (χ2v) is 1.75. The van der Waals surface area contributed by atoms with Crippen LogP contribution in [0.1, 0.15) is 0 Å². The number of hydrogen-bond donors (Lipinski definition) is 0. The third-order valence-corrected chi connectivity index (χ3v) is 0.945. The summed E-state index contributed by atoms with van der Waals surface area (Å²) in [6.45, 7) is 0. The first kappa shape index (κ1) is 8.59. The van der Waals surface area contributed by atoms with Gasteiger partial charge in [-0.2, -0.15) is 13.2 Å². The molecule has 5 heteroatoms. The van der Waals surface area contributed by atoms with Crippen molar-refractivity contribution in [3.63, 3.8) is 0 Å². The van der Waals surface area contributed by atoms with E-state index in [-0.39, 0.29) is 6.08 Å². The SMILES string of the molecule is O=C=CC([S-])C(F)(F)F. The highest BCUT2D eigenvalue weighted by Crippen LogP contribution is 2.20. The van der Waals surface area contributed by atoms with E-state index in [1.54, 1.807) is 0 Å². The van der Waals surface area contributed by atoms with Gasteiger partial charge in [0.25, 0.3) is 0 Å². The van der Waals surface area contributed by atoms with E-state index in [0.717, 1.165) is 5.94 Å². The molecule has 1 nitrogen and oxygen atoms in total. The highest BCUT2D eigenvalue weighted by atomic mass is 32.1. The summed E-state index contributed by atoms with van der Waals surface area (Å²) in [5.74, 6) is 0.975. The Morgan fingerprint density at radius 3 is 2.11 bits per heavy atom. The van der Waals surface area contributed by atoms with Gasteiger partial charge in [0.05, 0.1) is 0 Å². The molecule has 0 saturated carbocycles. The van der Waals surface area contributed by atoms with E-state index in [1.165, 1.54) is 0 Å². The van der Waals surface area contributed by atoms with Crippen molar-refractivity contribution in [2.24, 2.45) is 0 Å². The Hall–Kier alpha value is -0.410. The first-order valence-electron chi connectivity index (χ1n) is 1.92. The third kappa shape index (κ3) is 3.21. The number of carbonyl (C=O) groups excluding carboxylic acids is 1. The zero-order valence-corrected chi connectivity index (χ0v) is 4.92. The maximum Gasteiger partial charge on any atom is 0.374 e. The van der Waals surface area contributed by atoms with Crippen LogP contribution < -0.4 is 0 Å². The van der Waals surface area contributed by atoms with Crippen molar-refractivity contribution in [2.45, 2.75) is 11.4 Å². The van der Waals surface area contributed by atoms with Crippen molar-refractivity contribution in [3.05, 3.63) is 6.08 Å². The number of alkyl halides is 3. The topological polar surface area (TPSA) is 17.1 Å². The highest BCUT2D eigenvalue weighted by molar-refractivity contribution is 7.59. The van der Waals surface area contributed by atoms with E-state index in [0.29, 0.717) is 0 Å². The largest absolute Gasteiger partial charge is 0.776 e. The Kier molecular flexibility index (Phi) is 2.81. The van der Waals surface area contributed by atoms with Crippen molar-refractivity contribution >= 4 is 18.6 Å².